The highest BCUT2D eigenvalue weighted by Gasteiger charge is 2.21. The van der Waals surface area contributed by atoms with Gasteiger partial charge in [0.05, 0.1) is 0 Å². The molecule has 2 N–H and O–H groups in total. The molecule has 1 aromatic carbocycles. The minimum atomic E-state index is 0.131. The molecule has 1 amide bonds. The summed E-state index contributed by atoms with van der Waals surface area (Å²) >= 11 is 0. The lowest BCUT2D eigenvalue weighted by Gasteiger charge is -2.32. The molecule has 0 aliphatic carbocycles. The van der Waals surface area contributed by atoms with Crippen LogP contribution in [-0.2, 0) is 0 Å². The first-order chi connectivity index (χ1) is 8.74. The summed E-state index contributed by atoms with van der Waals surface area (Å²) in [6.45, 7) is 4.55. The lowest BCUT2D eigenvalue weighted by molar-refractivity contribution is 0.0709. The fourth-order valence-electron chi connectivity index (χ4n) is 2.49. The Morgan fingerprint density at radius 3 is 3.11 bits per heavy atom. The Morgan fingerprint density at radius 2 is 2.28 bits per heavy atom. The number of hydrogen-bond acceptors (Lipinski definition) is 2. The molecule has 1 fully saturated rings. The highest BCUT2D eigenvalue weighted by Crippen LogP contribution is 2.16. The van der Waals surface area contributed by atoms with Gasteiger partial charge in [0.25, 0.3) is 5.91 Å². The summed E-state index contributed by atoms with van der Waals surface area (Å²) in [5.74, 6) is 0.131. The van der Waals surface area contributed by atoms with Crippen LogP contribution < -0.4 is 5.32 Å². The monoisotopic (exact) mass is 243 g/mol. The Morgan fingerprint density at radius 1 is 1.39 bits per heavy atom. The van der Waals surface area contributed by atoms with E-state index in [1.54, 1.807) is 0 Å². The van der Waals surface area contributed by atoms with E-state index in [1.165, 1.54) is 0 Å². The van der Waals surface area contributed by atoms with E-state index >= 15 is 0 Å². The highest BCUT2D eigenvalue weighted by molar-refractivity contribution is 5.98. The molecule has 1 aliphatic rings. The molecule has 1 saturated heterocycles. The molecule has 0 saturated carbocycles. The van der Waals surface area contributed by atoms with Crippen LogP contribution in [0.1, 0.15) is 17.3 Å². The van der Waals surface area contributed by atoms with Gasteiger partial charge in [-0.15, -0.1) is 0 Å². The maximum Gasteiger partial charge on any atom is 0.253 e. The molecule has 0 bridgehead atoms. The first-order valence-corrected chi connectivity index (χ1v) is 6.34. The Labute approximate surface area is 106 Å². The number of nitrogens with zero attached hydrogens (tertiary/aromatic N) is 1. The third-order valence-corrected chi connectivity index (χ3v) is 3.46. The van der Waals surface area contributed by atoms with E-state index in [2.05, 4.69) is 17.2 Å². The lowest BCUT2D eigenvalue weighted by Crippen LogP contribution is -2.51. The zero-order chi connectivity index (χ0) is 12.5. The van der Waals surface area contributed by atoms with Crippen molar-refractivity contribution in [3.63, 3.8) is 0 Å². The van der Waals surface area contributed by atoms with Gasteiger partial charge in [0.15, 0.2) is 0 Å². The fourth-order valence-corrected chi connectivity index (χ4v) is 2.49. The largest absolute Gasteiger partial charge is 0.361 e. The summed E-state index contributed by atoms with van der Waals surface area (Å²) in [6.07, 6.45) is 1.89. The molecule has 1 aromatic heterocycles. The number of carbonyl (C=O) groups is 1. The third-order valence-electron chi connectivity index (χ3n) is 3.46. The van der Waals surface area contributed by atoms with Crippen molar-refractivity contribution in [1.82, 2.24) is 15.2 Å². The van der Waals surface area contributed by atoms with Crippen LogP contribution in [0.5, 0.6) is 0 Å². The average Bonchev–Trinajstić information content (AvgIpc) is 2.85. The Balaban J connectivity index is 1.86. The second kappa shape index (κ2) is 4.46. The van der Waals surface area contributed by atoms with Gasteiger partial charge < -0.3 is 15.2 Å². The number of hydrogen-bond donors (Lipinski definition) is 2. The zero-order valence-corrected chi connectivity index (χ0v) is 10.4. The summed E-state index contributed by atoms with van der Waals surface area (Å²) < 4.78 is 0. The molecule has 1 atom stereocenters. The van der Waals surface area contributed by atoms with E-state index in [-0.39, 0.29) is 5.91 Å². The van der Waals surface area contributed by atoms with Crippen LogP contribution in [0.25, 0.3) is 10.9 Å². The van der Waals surface area contributed by atoms with Crippen molar-refractivity contribution in [2.75, 3.05) is 19.6 Å². The molecule has 2 aromatic rings. The molecule has 94 valence electrons. The number of H-pyrrole nitrogens is 1. The summed E-state index contributed by atoms with van der Waals surface area (Å²) in [5.41, 5.74) is 1.84. The summed E-state index contributed by atoms with van der Waals surface area (Å²) in [7, 11) is 0. The van der Waals surface area contributed by atoms with Gasteiger partial charge in [0.2, 0.25) is 0 Å². The second-order valence-corrected chi connectivity index (χ2v) is 4.89. The SMILES string of the molecule is C[C@H]1CN(C(=O)c2ccc3[nH]ccc3c2)CCN1. The first kappa shape index (κ1) is 11.3. The van der Waals surface area contributed by atoms with Gasteiger partial charge in [0, 0.05) is 48.3 Å². The molecule has 0 unspecified atom stereocenters. The number of piperazine rings is 1. The molecule has 4 nitrogen and oxygen atoms in total. The minimum Gasteiger partial charge on any atom is -0.361 e. The molecular weight excluding hydrogens is 226 g/mol. The number of fused-ring (bicyclic) bond motifs is 1. The maximum absolute atomic E-state index is 12.4. The highest BCUT2D eigenvalue weighted by atomic mass is 16.2. The van der Waals surface area contributed by atoms with Crippen molar-refractivity contribution in [3.05, 3.63) is 36.0 Å². The standard InChI is InChI=1S/C14H17N3O/c1-10-9-17(7-6-15-10)14(18)12-2-3-13-11(8-12)4-5-16-13/h2-5,8,10,15-16H,6-7,9H2,1H3/t10-/m0/s1. The third kappa shape index (κ3) is 1.99. The van der Waals surface area contributed by atoms with Crippen molar-refractivity contribution >= 4 is 16.8 Å². The van der Waals surface area contributed by atoms with Gasteiger partial charge in [-0.3, -0.25) is 4.79 Å². The predicted molar refractivity (Wildman–Crippen MR) is 71.7 cm³/mol. The van der Waals surface area contributed by atoms with Crippen LogP contribution in [0.15, 0.2) is 30.5 Å². The molecule has 0 spiro atoms. The number of rotatable bonds is 1. The Kier molecular flexibility index (Phi) is 2.80. The number of aromatic nitrogens is 1. The van der Waals surface area contributed by atoms with E-state index in [4.69, 9.17) is 0 Å². The van der Waals surface area contributed by atoms with Crippen molar-refractivity contribution in [1.29, 1.82) is 0 Å². The van der Waals surface area contributed by atoms with Crippen molar-refractivity contribution < 1.29 is 4.79 Å². The van der Waals surface area contributed by atoms with Crippen LogP contribution in [0.4, 0.5) is 0 Å². The average molecular weight is 243 g/mol. The van der Waals surface area contributed by atoms with Crippen molar-refractivity contribution in [3.8, 4) is 0 Å². The number of amides is 1. The van der Waals surface area contributed by atoms with Gasteiger partial charge >= 0.3 is 0 Å². The van der Waals surface area contributed by atoms with Gasteiger partial charge in [0.1, 0.15) is 0 Å². The quantitative estimate of drug-likeness (QED) is 0.799. The fraction of sp³-hybridized carbons (Fsp3) is 0.357. The predicted octanol–water partition coefficient (Wildman–Crippen LogP) is 1.60. The van der Waals surface area contributed by atoms with Gasteiger partial charge in [-0.1, -0.05) is 0 Å². The van der Waals surface area contributed by atoms with Gasteiger partial charge in [-0.25, -0.2) is 0 Å². The topological polar surface area (TPSA) is 48.1 Å². The van der Waals surface area contributed by atoms with Crippen LogP contribution in [0, 0.1) is 0 Å². The van der Waals surface area contributed by atoms with E-state index in [1.807, 2.05) is 35.4 Å². The molecular formula is C14H17N3O. The first-order valence-electron chi connectivity index (χ1n) is 6.34. The molecule has 2 heterocycles. The molecule has 3 rings (SSSR count). The lowest BCUT2D eigenvalue weighted by atomic mass is 10.1. The molecule has 1 aliphatic heterocycles. The second-order valence-electron chi connectivity index (χ2n) is 4.89. The summed E-state index contributed by atoms with van der Waals surface area (Å²) in [5, 5.41) is 4.43. The number of aromatic amines is 1. The van der Waals surface area contributed by atoms with Crippen LogP contribution in [-0.4, -0.2) is 41.5 Å². The van der Waals surface area contributed by atoms with Crippen LogP contribution in [0.3, 0.4) is 0 Å². The maximum atomic E-state index is 12.4. The number of benzene rings is 1. The zero-order valence-electron chi connectivity index (χ0n) is 10.4. The van der Waals surface area contributed by atoms with Crippen molar-refractivity contribution in [2.24, 2.45) is 0 Å². The Bertz CT molecular complexity index is 575. The number of nitrogens with one attached hydrogen (secondary N) is 2. The molecule has 18 heavy (non-hydrogen) atoms. The smallest absolute Gasteiger partial charge is 0.253 e. The summed E-state index contributed by atoms with van der Waals surface area (Å²) in [6, 6.07) is 8.19. The summed E-state index contributed by atoms with van der Waals surface area (Å²) in [4.78, 5) is 17.5. The van der Waals surface area contributed by atoms with E-state index in [0.29, 0.717) is 6.04 Å². The van der Waals surface area contributed by atoms with Gasteiger partial charge in [-0.05, 0) is 31.2 Å². The number of carbonyl (C=O) groups excluding carboxylic acids is 1. The van der Waals surface area contributed by atoms with E-state index < -0.39 is 0 Å². The normalized spacial score (nSPS) is 20.3. The minimum absolute atomic E-state index is 0.131. The van der Waals surface area contributed by atoms with Crippen molar-refractivity contribution in [2.45, 2.75) is 13.0 Å². The Hall–Kier alpha value is -1.81. The van der Waals surface area contributed by atoms with E-state index in [0.717, 1.165) is 36.1 Å². The van der Waals surface area contributed by atoms with Crippen LogP contribution in [0.2, 0.25) is 0 Å². The van der Waals surface area contributed by atoms with E-state index in [9.17, 15) is 4.79 Å². The van der Waals surface area contributed by atoms with Crippen LogP contribution >= 0.6 is 0 Å². The van der Waals surface area contributed by atoms with Gasteiger partial charge in [-0.2, -0.15) is 0 Å². The molecule has 4 heteroatoms. The molecule has 0 radical (unpaired) electrons.